The number of pyridine rings is 1. The summed E-state index contributed by atoms with van der Waals surface area (Å²) in [5.74, 6) is 3.26. The van der Waals surface area contributed by atoms with Crippen LogP contribution in [-0.2, 0) is 0 Å². The summed E-state index contributed by atoms with van der Waals surface area (Å²) in [4.78, 5) is 20.5. The molecule has 1 N–H and O–H groups in total. The van der Waals surface area contributed by atoms with Crippen molar-refractivity contribution in [3.8, 4) is 0 Å². The van der Waals surface area contributed by atoms with Crippen molar-refractivity contribution in [3.63, 3.8) is 0 Å². The largest absolute Gasteiger partial charge is 0.363 e. The van der Waals surface area contributed by atoms with Gasteiger partial charge in [0.05, 0.1) is 10.7 Å². The van der Waals surface area contributed by atoms with Crippen molar-refractivity contribution < 1.29 is 0 Å². The quantitative estimate of drug-likeness (QED) is 0.570. The van der Waals surface area contributed by atoms with E-state index in [9.17, 15) is 0 Å². The lowest BCUT2D eigenvalue weighted by atomic mass is 10.3. The predicted octanol–water partition coefficient (Wildman–Crippen LogP) is 4.42. The first-order valence-electron chi connectivity index (χ1n) is 9.69. The molecule has 1 aromatic carbocycles. The maximum atomic E-state index is 6.38. The van der Waals surface area contributed by atoms with Crippen molar-refractivity contribution in [2.75, 3.05) is 60.3 Å². The number of aromatic nitrogens is 3. The summed E-state index contributed by atoms with van der Waals surface area (Å²) in [5.41, 5.74) is 0.800. The molecule has 30 heavy (non-hydrogen) atoms. The van der Waals surface area contributed by atoms with Crippen LogP contribution in [0.2, 0.25) is 5.02 Å². The van der Waals surface area contributed by atoms with Gasteiger partial charge in [-0.25, -0.2) is 4.98 Å². The molecular weight excluding hydrogens is 466 g/mol. The van der Waals surface area contributed by atoms with Crippen molar-refractivity contribution in [1.82, 2.24) is 15.0 Å². The van der Waals surface area contributed by atoms with Gasteiger partial charge in [0.15, 0.2) is 0 Å². The van der Waals surface area contributed by atoms with Crippen LogP contribution in [0.4, 0.5) is 29.1 Å². The highest BCUT2D eigenvalue weighted by Gasteiger charge is 2.21. The molecule has 156 valence electrons. The minimum absolute atomic E-state index is 0.625. The van der Waals surface area contributed by atoms with Crippen LogP contribution in [0.1, 0.15) is 0 Å². The van der Waals surface area contributed by atoms with Crippen LogP contribution >= 0.6 is 27.5 Å². The van der Waals surface area contributed by atoms with Gasteiger partial charge in [-0.2, -0.15) is 9.97 Å². The Labute approximate surface area is 189 Å². The van der Waals surface area contributed by atoms with Gasteiger partial charge < -0.3 is 20.0 Å². The number of hydrogen-bond acceptors (Lipinski definition) is 7. The average Bonchev–Trinajstić information content (AvgIpc) is 2.76. The molecule has 0 saturated carbocycles. The van der Waals surface area contributed by atoms with E-state index in [1.165, 1.54) is 0 Å². The highest BCUT2D eigenvalue weighted by molar-refractivity contribution is 9.10. The highest BCUT2D eigenvalue weighted by atomic mass is 79.9. The van der Waals surface area contributed by atoms with E-state index in [0.29, 0.717) is 16.8 Å². The molecule has 1 saturated heterocycles. The standard InChI is InChI=1S/C21H23BrClN7/c1-28(2)20-14-18(25-17-7-6-15(22)13-16(17)23)26-21(27-20)30-11-9-29(10-12-30)19-5-3-4-8-24-19/h3-8,13-14H,9-12H2,1-2H3,(H,25,26,27). The van der Waals surface area contributed by atoms with Gasteiger partial charge in [-0.3, -0.25) is 0 Å². The molecule has 1 aliphatic rings. The first-order valence-corrected chi connectivity index (χ1v) is 10.9. The lowest BCUT2D eigenvalue weighted by Gasteiger charge is -2.35. The van der Waals surface area contributed by atoms with Gasteiger partial charge in [-0.1, -0.05) is 33.6 Å². The van der Waals surface area contributed by atoms with Crippen LogP contribution in [0.15, 0.2) is 53.1 Å². The third kappa shape index (κ3) is 4.76. The summed E-state index contributed by atoms with van der Waals surface area (Å²) in [6.07, 6.45) is 1.83. The fourth-order valence-electron chi connectivity index (χ4n) is 3.26. The van der Waals surface area contributed by atoms with E-state index in [0.717, 1.165) is 48.0 Å². The van der Waals surface area contributed by atoms with Gasteiger partial charge in [-0.05, 0) is 30.3 Å². The molecule has 0 aliphatic carbocycles. The van der Waals surface area contributed by atoms with Gasteiger partial charge in [0.1, 0.15) is 17.5 Å². The number of nitrogens with zero attached hydrogens (tertiary/aromatic N) is 6. The first-order chi connectivity index (χ1) is 14.5. The molecule has 3 aromatic rings. The average molecular weight is 489 g/mol. The summed E-state index contributed by atoms with van der Waals surface area (Å²) in [6, 6.07) is 13.6. The molecule has 1 fully saturated rings. The Hall–Kier alpha value is -2.58. The number of hydrogen-bond donors (Lipinski definition) is 1. The second kappa shape index (κ2) is 9.06. The van der Waals surface area contributed by atoms with Crippen LogP contribution in [0, 0.1) is 0 Å². The van der Waals surface area contributed by atoms with E-state index in [1.807, 2.05) is 67.7 Å². The van der Waals surface area contributed by atoms with Crippen LogP contribution in [0.5, 0.6) is 0 Å². The fourth-order valence-corrected chi connectivity index (χ4v) is 3.98. The summed E-state index contributed by atoms with van der Waals surface area (Å²) in [7, 11) is 3.95. The van der Waals surface area contributed by atoms with E-state index in [1.54, 1.807) is 0 Å². The number of halogens is 2. The van der Waals surface area contributed by atoms with Crippen molar-refractivity contribution in [1.29, 1.82) is 0 Å². The normalized spacial score (nSPS) is 14.0. The van der Waals surface area contributed by atoms with Gasteiger partial charge >= 0.3 is 0 Å². The van der Waals surface area contributed by atoms with Crippen LogP contribution in [-0.4, -0.2) is 55.2 Å². The van der Waals surface area contributed by atoms with E-state index >= 15 is 0 Å². The predicted molar refractivity (Wildman–Crippen MR) is 127 cm³/mol. The van der Waals surface area contributed by atoms with Crippen LogP contribution < -0.4 is 20.0 Å². The van der Waals surface area contributed by atoms with Crippen molar-refractivity contribution in [2.24, 2.45) is 0 Å². The number of anilines is 5. The van der Waals surface area contributed by atoms with E-state index < -0.39 is 0 Å². The number of benzene rings is 1. The molecule has 0 spiro atoms. The van der Waals surface area contributed by atoms with E-state index in [4.69, 9.17) is 21.6 Å². The van der Waals surface area contributed by atoms with E-state index in [-0.39, 0.29) is 0 Å². The van der Waals surface area contributed by atoms with Crippen molar-refractivity contribution in [2.45, 2.75) is 0 Å². The van der Waals surface area contributed by atoms with Gasteiger partial charge in [0.2, 0.25) is 5.95 Å². The smallest absolute Gasteiger partial charge is 0.229 e. The molecular formula is C21H23BrClN7. The summed E-state index contributed by atoms with van der Waals surface area (Å²) < 4.78 is 0.932. The molecule has 2 aromatic heterocycles. The number of rotatable bonds is 5. The third-order valence-electron chi connectivity index (χ3n) is 4.89. The highest BCUT2D eigenvalue weighted by Crippen LogP contribution is 2.29. The van der Waals surface area contributed by atoms with Crippen LogP contribution in [0.3, 0.4) is 0 Å². The number of nitrogens with one attached hydrogen (secondary N) is 1. The lowest BCUT2D eigenvalue weighted by molar-refractivity contribution is 0.635. The van der Waals surface area contributed by atoms with Gasteiger partial charge in [0, 0.05) is 57.0 Å². The second-order valence-electron chi connectivity index (χ2n) is 7.22. The Morgan fingerprint density at radius 2 is 1.77 bits per heavy atom. The Morgan fingerprint density at radius 3 is 2.43 bits per heavy atom. The molecule has 0 bridgehead atoms. The Morgan fingerprint density at radius 1 is 1.00 bits per heavy atom. The molecule has 3 heterocycles. The Balaban J connectivity index is 1.54. The SMILES string of the molecule is CN(C)c1cc(Nc2ccc(Br)cc2Cl)nc(N2CCN(c3ccccn3)CC2)n1. The van der Waals surface area contributed by atoms with Crippen molar-refractivity contribution in [3.05, 3.63) is 58.2 Å². The molecule has 9 heteroatoms. The maximum Gasteiger partial charge on any atom is 0.229 e. The molecule has 0 unspecified atom stereocenters. The molecule has 0 amide bonds. The van der Waals surface area contributed by atoms with Crippen molar-refractivity contribution >= 4 is 56.6 Å². The molecule has 1 aliphatic heterocycles. The van der Waals surface area contributed by atoms with E-state index in [2.05, 4.69) is 36.0 Å². The molecule has 0 radical (unpaired) electrons. The molecule has 4 rings (SSSR count). The minimum Gasteiger partial charge on any atom is -0.363 e. The Kier molecular flexibility index (Phi) is 6.24. The topological polar surface area (TPSA) is 60.4 Å². The minimum atomic E-state index is 0.625. The van der Waals surface area contributed by atoms with Gasteiger partial charge in [0.25, 0.3) is 0 Å². The molecule has 0 atom stereocenters. The zero-order valence-electron chi connectivity index (χ0n) is 16.9. The first kappa shape index (κ1) is 20.7. The van der Waals surface area contributed by atoms with Gasteiger partial charge in [-0.15, -0.1) is 0 Å². The lowest BCUT2D eigenvalue weighted by Crippen LogP contribution is -2.47. The number of piperazine rings is 1. The summed E-state index contributed by atoms with van der Waals surface area (Å²) in [5, 5.41) is 3.96. The Bertz CT molecular complexity index is 1010. The molecule has 7 nitrogen and oxygen atoms in total. The zero-order chi connectivity index (χ0) is 21.1. The maximum absolute atomic E-state index is 6.38. The zero-order valence-corrected chi connectivity index (χ0v) is 19.2. The monoisotopic (exact) mass is 487 g/mol. The fraction of sp³-hybridized carbons (Fsp3) is 0.286. The summed E-state index contributed by atoms with van der Waals surface area (Å²) in [6.45, 7) is 3.39. The summed E-state index contributed by atoms with van der Waals surface area (Å²) >= 11 is 9.81. The van der Waals surface area contributed by atoms with Crippen LogP contribution in [0.25, 0.3) is 0 Å². The third-order valence-corrected chi connectivity index (χ3v) is 5.69. The second-order valence-corrected chi connectivity index (χ2v) is 8.54.